The number of piperazine rings is 1. The van der Waals surface area contributed by atoms with Crippen molar-refractivity contribution in [2.24, 2.45) is 0 Å². The molecule has 1 aromatic heterocycles. The number of Topliss-reactive ketones (excluding diaryl/α,β-unsaturated/α-hetero) is 1. The minimum atomic E-state index is -0.308. The molecule has 0 aliphatic carbocycles. The van der Waals surface area contributed by atoms with Crippen LogP contribution >= 0.6 is 0 Å². The molecule has 3 rings (SSSR count). The van der Waals surface area contributed by atoms with E-state index in [1.807, 2.05) is 12.3 Å². The molecule has 1 aliphatic heterocycles. The zero-order chi connectivity index (χ0) is 17.6. The monoisotopic (exact) mass is 341 g/mol. The van der Waals surface area contributed by atoms with Gasteiger partial charge in [0, 0.05) is 44.4 Å². The summed E-state index contributed by atoms with van der Waals surface area (Å²) in [6.07, 6.45) is 3.20. The van der Waals surface area contributed by atoms with E-state index in [9.17, 15) is 9.18 Å². The Kier molecular flexibility index (Phi) is 5.76. The first kappa shape index (κ1) is 17.5. The maximum atomic E-state index is 12.9. The Morgan fingerprint density at radius 3 is 2.52 bits per heavy atom. The Morgan fingerprint density at radius 2 is 1.84 bits per heavy atom. The van der Waals surface area contributed by atoms with Gasteiger partial charge < -0.3 is 4.90 Å². The zero-order valence-corrected chi connectivity index (χ0v) is 14.6. The van der Waals surface area contributed by atoms with Gasteiger partial charge in [0.2, 0.25) is 0 Å². The van der Waals surface area contributed by atoms with Gasteiger partial charge in [-0.3, -0.25) is 9.69 Å². The van der Waals surface area contributed by atoms with Gasteiger partial charge >= 0.3 is 0 Å². The maximum Gasteiger partial charge on any atom is 0.162 e. The summed E-state index contributed by atoms with van der Waals surface area (Å²) in [4.78, 5) is 21.3. The average Bonchev–Trinajstić information content (AvgIpc) is 2.63. The molecule has 0 N–H and O–H groups in total. The lowest BCUT2D eigenvalue weighted by Crippen LogP contribution is -2.47. The van der Waals surface area contributed by atoms with Gasteiger partial charge in [0.15, 0.2) is 5.78 Å². The number of nitrogens with zero attached hydrogens (tertiary/aromatic N) is 3. The highest BCUT2D eigenvalue weighted by atomic mass is 19.1. The molecule has 0 radical (unpaired) electrons. The first-order valence-electron chi connectivity index (χ1n) is 8.80. The van der Waals surface area contributed by atoms with Gasteiger partial charge in [-0.15, -0.1) is 0 Å². The second-order valence-electron chi connectivity index (χ2n) is 6.55. The minimum Gasteiger partial charge on any atom is -0.354 e. The summed E-state index contributed by atoms with van der Waals surface area (Å²) in [6, 6.07) is 9.93. The number of anilines is 1. The summed E-state index contributed by atoms with van der Waals surface area (Å²) in [6.45, 7) is 6.90. The molecule has 1 aliphatic rings. The number of pyridine rings is 1. The molecule has 1 saturated heterocycles. The Hall–Kier alpha value is -2.27. The second-order valence-corrected chi connectivity index (χ2v) is 6.55. The minimum absolute atomic E-state index is 0.0857. The molecule has 0 amide bonds. The van der Waals surface area contributed by atoms with Crippen LogP contribution in [-0.4, -0.2) is 48.4 Å². The van der Waals surface area contributed by atoms with Crippen molar-refractivity contribution in [2.45, 2.75) is 19.8 Å². The van der Waals surface area contributed by atoms with Crippen molar-refractivity contribution in [1.82, 2.24) is 9.88 Å². The van der Waals surface area contributed by atoms with Crippen LogP contribution < -0.4 is 4.90 Å². The van der Waals surface area contributed by atoms with E-state index < -0.39 is 0 Å². The van der Waals surface area contributed by atoms with Crippen LogP contribution in [0.15, 0.2) is 42.6 Å². The van der Waals surface area contributed by atoms with Crippen LogP contribution in [-0.2, 0) is 0 Å². The van der Waals surface area contributed by atoms with Gasteiger partial charge in [0.05, 0.1) is 0 Å². The first-order chi connectivity index (χ1) is 12.1. The third kappa shape index (κ3) is 4.86. The van der Waals surface area contributed by atoms with E-state index in [0.717, 1.165) is 45.0 Å². The van der Waals surface area contributed by atoms with Crippen LogP contribution in [0.4, 0.5) is 10.2 Å². The van der Waals surface area contributed by atoms with Crippen LogP contribution in [0.3, 0.4) is 0 Å². The number of ketones is 1. The molecule has 0 bridgehead atoms. The molecule has 25 heavy (non-hydrogen) atoms. The number of aromatic nitrogens is 1. The van der Waals surface area contributed by atoms with Crippen molar-refractivity contribution in [3.05, 3.63) is 59.5 Å². The predicted octanol–water partition coefficient (Wildman–Crippen LogP) is 3.31. The zero-order valence-electron chi connectivity index (χ0n) is 14.6. The third-order valence-electron chi connectivity index (χ3n) is 4.64. The number of carbonyl (C=O) groups is 1. The fourth-order valence-corrected chi connectivity index (χ4v) is 3.14. The van der Waals surface area contributed by atoms with Gasteiger partial charge in [0.1, 0.15) is 11.6 Å². The fourth-order valence-electron chi connectivity index (χ4n) is 3.14. The predicted molar refractivity (Wildman–Crippen MR) is 97.6 cm³/mol. The van der Waals surface area contributed by atoms with Gasteiger partial charge in [-0.25, -0.2) is 9.37 Å². The van der Waals surface area contributed by atoms with E-state index in [2.05, 4.69) is 27.8 Å². The molecular weight excluding hydrogens is 317 g/mol. The Bertz CT molecular complexity index is 709. The van der Waals surface area contributed by atoms with Crippen molar-refractivity contribution in [3.8, 4) is 0 Å². The summed E-state index contributed by atoms with van der Waals surface area (Å²) in [5.74, 6) is 0.825. The van der Waals surface area contributed by atoms with E-state index >= 15 is 0 Å². The van der Waals surface area contributed by atoms with Crippen LogP contribution in [0.25, 0.3) is 0 Å². The summed E-state index contributed by atoms with van der Waals surface area (Å²) < 4.78 is 12.9. The number of halogens is 1. The lowest BCUT2D eigenvalue weighted by atomic mass is 10.1. The Morgan fingerprint density at radius 1 is 1.12 bits per heavy atom. The topological polar surface area (TPSA) is 36.4 Å². The summed E-state index contributed by atoms with van der Waals surface area (Å²) in [5, 5.41) is 0. The third-order valence-corrected chi connectivity index (χ3v) is 4.64. The smallest absolute Gasteiger partial charge is 0.162 e. The number of carbonyl (C=O) groups excluding carboxylic acids is 1. The second kappa shape index (κ2) is 8.21. The van der Waals surface area contributed by atoms with Crippen LogP contribution in [0.5, 0.6) is 0 Å². The molecule has 132 valence electrons. The summed E-state index contributed by atoms with van der Waals surface area (Å²) in [7, 11) is 0. The fraction of sp³-hybridized carbons (Fsp3) is 0.400. The molecular formula is C20H24FN3O. The molecule has 0 unspecified atom stereocenters. The van der Waals surface area contributed by atoms with Crippen molar-refractivity contribution >= 4 is 11.6 Å². The van der Waals surface area contributed by atoms with E-state index in [4.69, 9.17) is 0 Å². The highest BCUT2D eigenvalue weighted by Crippen LogP contribution is 2.15. The van der Waals surface area contributed by atoms with Gasteiger partial charge in [0.25, 0.3) is 0 Å². The molecule has 0 saturated carbocycles. The lowest BCUT2D eigenvalue weighted by Gasteiger charge is -2.35. The number of benzene rings is 1. The van der Waals surface area contributed by atoms with Crippen LogP contribution in [0.1, 0.15) is 28.8 Å². The van der Waals surface area contributed by atoms with Crippen molar-refractivity contribution in [1.29, 1.82) is 0 Å². The Labute approximate surface area is 148 Å². The molecule has 5 heteroatoms. The standard InChI is InChI=1S/C20H24FN3O/c1-16-8-9-22-20(15-16)24-13-11-23(12-14-24)10-2-3-19(25)17-4-6-18(21)7-5-17/h4-9,15H,2-3,10-14H2,1H3. The first-order valence-corrected chi connectivity index (χ1v) is 8.80. The molecule has 4 nitrogen and oxygen atoms in total. The summed E-state index contributed by atoms with van der Waals surface area (Å²) >= 11 is 0. The van der Waals surface area contributed by atoms with E-state index in [-0.39, 0.29) is 11.6 Å². The summed E-state index contributed by atoms with van der Waals surface area (Å²) in [5.41, 5.74) is 1.82. The molecule has 2 heterocycles. The van der Waals surface area contributed by atoms with E-state index in [1.54, 1.807) is 12.1 Å². The van der Waals surface area contributed by atoms with Crippen molar-refractivity contribution in [2.75, 3.05) is 37.6 Å². The average molecular weight is 341 g/mol. The number of hydrogen-bond donors (Lipinski definition) is 0. The van der Waals surface area contributed by atoms with Crippen molar-refractivity contribution < 1.29 is 9.18 Å². The highest BCUT2D eigenvalue weighted by molar-refractivity contribution is 5.95. The molecule has 0 spiro atoms. The van der Waals surface area contributed by atoms with Crippen molar-refractivity contribution in [3.63, 3.8) is 0 Å². The number of hydrogen-bond acceptors (Lipinski definition) is 4. The Balaban J connectivity index is 1.40. The van der Waals surface area contributed by atoms with E-state index in [1.165, 1.54) is 17.7 Å². The van der Waals surface area contributed by atoms with Gasteiger partial charge in [-0.2, -0.15) is 0 Å². The number of aryl methyl sites for hydroxylation is 1. The quantitative estimate of drug-likeness (QED) is 0.755. The van der Waals surface area contributed by atoms with Gasteiger partial charge in [-0.1, -0.05) is 0 Å². The number of rotatable bonds is 6. The molecule has 1 aromatic carbocycles. The largest absolute Gasteiger partial charge is 0.354 e. The molecule has 2 aromatic rings. The normalized spacial score (nSPS) is 15.4. The lowest BCUT2D eigenvalue weighted by molar-refractivity contribution is 0.0974. The molecule has 0 atom stereocenters. The highest BCUT2D eigenvalue weighted by Gasteiger charge is 2.18. The SMILES string of the molecule is Cc1ccnc(N2CCN(CCCC(=O)c3ccc(F)cc3)CC2)c1. The van der Waals surface area contributed by atoms with Crippen LogP contribution in [0.2, 0.25) is 0 Å². The van der Waals surface area contributed by atoms with Crippen LogP contribution in [0, 0.1) is 12.7 Å². The molecule has 1 fully saturated rings. The van der Waals surface area contributed by atoms with E-state index in [0.29, 0.717) is 12.0 Å². The van der Waals surface area contributed by atoms with Gasteiger partial charge in [-0.05, 0) is 61.9 Å². The maximum absolute atomic E-state index is 12.9.